The molecule has 1 aliphatic rings. The van der Waals surface area contributed by atoms with E-state index in [1.165, 1.54) is 18.3 Å². The van der Waals surface area contributed by atoms with Crippen LogP contribution in [0.4, 0.5) is 29.2 Å². The van der Waals surface area contributed by atoms with Gasteiger partial charge < -0.3 is 19.7 Å². The highest BCUT2D eigenvalue weighted by atomic mass is 32.2. The van der Waals surface area contributed by atoms with Crippen LogP contribution < -0.4 is 14.8 Å². The lowest BCUT2D eigenvalue weighted by molar-refractivity contribution is 0.121. The monoisotopic (exact) mass is 674 g/mol. The lowest BCUT2D eigenvalue weighted by Gasteiger charge is -2.34. The average Bonchev–Trinajstić information content (AvgIpc) is 3.06. The van der Waals surface area contributed by atoms with Crippen LogP contribution in [-0.2, 0) is 20.5 Å². The van der Waals surface area contributed by atoms with Gasteiger partial charge in [0.15, 0.2) is 17.4 Å². The van der Waals surface area contributed by atoms with E-state index in [9.17, 15) is 12.8 Å². The van der Waals surface area contributed by atoms with Gasteiger partial charge in [-0.3, -0.25) is 4.72 Å². The van der Waals surface area contributed by atoms with Gasteiger partial charge in [0.2, 0.25) is 27.7 Å². The van der Waals surface area contributed by atoms with Crippen LogP contribution in [0.5, 0.6) is 11.6 Å². The van der Waals surface area contributed by atoms with Crippen LogP contribution in [0.1, 0.15) is 31.2 Å². The average molecular weight is 675 g/mol. The summed E-state index contributed by atoms with van der Waals surface area (Å²) in [4.78, 5) is 15.3. The van der Waals surface area contributed by atoms with Crippen molar-refractivity contribution in [2.75, 3.05) is 37.3 Å². The smallest absolute Gasteiger partial charge is 0.237 e. The van der Waals surface area contributed by atoms with Gasteiger partial charge >= 0.3 is 0 Å². The third-order valence-corrected chi connectivity index (χ3v) is 9.09. The minimum Gasteiger partial charge on any atom is -0.435 e. The molecule has 0 aliphatic heterocycles. The molecule has 10 nitrogen and oxygen atoms in total. The predicted molar refractivity (Wildman–Crippen MR) is 168 cm³/mol. The highest BCUT2D eigenvalue weighted by molar-refractivity contribution is 7.91. The second kappa shape index (κ2) is 15.0. The van der Waals surface area contributed by atoms with Crippen molar-refractivity contribution in [3.05, 3.63) is 89.8 Å². The van der Waals surface area contributed by atoms with E-state index < -0.39 is 50.5 Å². The van der Waals surface area contributed by atoms with Gasteiger partial charge in [-0.2, -0.15) is 4.39 Å². The Labute approximate surface area is 270 Å². The van der Waals surface area contributed by atoms with Gasteiger partial charge in [-0.1, -0.05) is 12.1 Å². The summed E-state index contributed by atoms with van der Waals surface area (Å²) < 4.78 is 95.9. The van der Waals surface area contributed by atoms with Crippen LogP contribution in [0.3, 0.4) is 0 Å². The number of rotatable bonds is 13. The van der Waals surface area contributed by atoms with Gasteiger partial charge in [-0.15, -0.1) is 0 Å². The molecule has 0 atom stereocenters. The Morgan fingerprint density at radius 1 is 0.957 bits per heavy atom. The van der Waals surface area contributed by atoms with Crippen LogP contribution in [0.2, 0.25) is 0 Å². The molecule has 15 heteroatoms. The Morgan fingerprint density at radius 3 is 2.43 bits per heavy atom. The molecule has 250 valence electrons. The number of hydrogen-bond donors (Lipinski definition) is 2. The SMILES string of the molecule is COCCN(C)C1CCC(Nc2nccc(-c3cccnc3Oc3cc(F)c(NS(=O)(=O)Cc4ccc(F)cc4)c(F)c3F)n2)CC1. The third-order valence-electron chi connectivity index (χ3n) is 7.86. The molecule has 47 heavy (non-hydrogen) atoms. The summed E-state index contributed by atoms with van der Waals surface area (Å²) in [5.74, 6) is -6.88. The first kappa shape index (κ1) is 34.0. The van der Waals surface area contributed by atoms with E-state index in [1.54, 1.807) is 36.2 Å². The Kier molecular flexibility index (Phi) is 10.9. The second-order valence-corrected chi connectivity index (χ2v) is 12.9. The van der Waals surface area contributed by atoms with Crippen molar-refractivity contribution >= 4 is 21.7 Å². The Balaban J connectivity index is 1.29. The van der Waals surface area contributed by atoms with E-state index in [4.69, 9.17) is 9.47 Å². The molecular formula is C32H34F4N6O4S. The summed E-state index contributed by atoms with van der Waals surface area (Å²) in [6, 6.07) is 10.4. The summed E-state index contributed by atoms with van der Waals surface area (Å²) in [6.45, 7) is 1.55. The van der Waals surface area contributed by atoms with E-state index in [2.05, 4.69) is 32.2 Å². The van der Waals surface area contributed by atoms with Crippen molar-refractivity contribution in [1.82, 2.24) is 19.9 Å². The molecular weight excluding hydrogens is 640 g/mol. The van der Waals surface area contributed by atoms with Crippen LogP contribution in [0.25, 0.3) is 11.3 Å². The molecule has 0 spiro atoms. The van der Waals surface area contributed by atoms with Gasteiger partial charge in [-0.05, 0) is 68.6 Å². The van der Waals surface area contributed by atoms with E-state index >= 15 is 13.2 Å². The van der Waals surface area contributed by atoms with E-state index in [0.717, 1.165) is 44.4 Å². The normalized spacial score (nSPS) is 16.7. The topological polar surface area (TPSA) is 119 Å². The molecule has 0 unspecified atom stereocenters. The number of halogens is 4. The second-order valence-electron chi connectivity index (χ2n) is 11.2. The minimum absolute atomic E-state index is 0.153. The molecule has 1 saturated carbocycles. The summed E-state index contributed by atoms with van der Waals surface area (Å²) in [6.07, 6.45) is 6.75. The zero-order valence-electron chi connectivity index (χ0n) is 25.7. The molecule has 2 heterocycles. The lowest BCUT2D eigenvalue weighted by atomic mass is 9.90. The van der Waals surface area contributed by atoms with Crippen LogP contribution in [0, 0.1) is 23.3 Å². The van der Waals surface area contributed by atoms with Gasteiger partial charge in [0, 0.05) is 44.2 Å². The van der Waals surface area contributed by atoms with Crippen molar-refractivity contribution in [3.8, 4) is 22.9 Å². The maximum absolute atomic E-state index is 15.2. The van der Waals surface area contributed by atoms with Gasteiger partial charge in [0.1, 0.15) is 11.5 Å². The van der Waals surface area contributed by atoms with E-state index in [0.29, 0.717) is 35.9 Å². The summed E-state index contributed by atoms with van der Waals surface area (Å²) in [7, 11) is -0.615. The number of nitrogens with zero attached hydrogens (tertiary/aromatic N) is 4. The maximum atomic E-state index is 15.2. The largest absolute Gasteiger partial charge is 0.435 e. The number of benzene rings is 2. The molecule has 2 aromatic heterocycles. The predicted octanol–water partition coefficient (Wildman–Crippen LogP) is 6.13. The highest BCUT2D eigenvalue weighted by Crippen LogP contribution is 2.36. The van der Waals surface area contributed by atoms with Crippen molar-refractivity contribution in [2.24, 2.45) is 0 Å². The maximum Gasteiger partial charge on any atom is 0.237 e. The van der Waals surface area contributed by atoms with Gasteiger partial charge in [-0.25, -0.2) is 36.5 Å². The molecule has 0 radical (unpaired) electrons. The fraction of sp³-hybridized carbons (Fsp3) is 0.344. The van der Waals surface area contributed by atoms with E-state index in [1.807, 2.05) is 0 Å². The van der Waals surface area contributed by atoms with Crippen LogP contribution in [-0.4, -0.2) is 67.7 Å². The first-order valence-electron chi connectivity index (χ1n) is 14.9. The highest BCUT2D eigenvalue weighted by Gasteiger charge is 2.26. The Morgan fingerprint density at radius 2 is 1.70 bits per heavy atom. The van der Waals surface area contributed by atoms with Gasteiger partial charge in [0.25, 0.3) is 0 Å². The molecule has 5 rings (SSSR count). The molecule has 0 saturated heterocycles. The quantitative estimate of drug-likeness (QED) is 0.128. The summed E-state index contributed by atoms with van der Waals surface area (Å²) in [5.41, 5.74) is -0.406. The fourth-order valence-electron chi connectivity index (χ4n) is 5.34. The number of likely N-dealkylation sites (N-methyl/N-ethyl adjacent to an activating group) is 1. The molecule has 2 aromatic carbocycles. The number of anilines is 2. The van der Waals surface area contributed by atoms with Crippen LogP contribution >= 0.6 is 0 Å². The number of hydrogen-bond acceptors (Lipinski definition) is 9. The molecule has 0 amide bonds. The zero-order chi connectivity index (χ0) is 33.6. The number of pyridine rings is 1. The summed E-state index contributed by atoms with van der Waals surface area (Å²) >= 11 is 0. The fourth-order valence-corrected chi connectivity index (χ4v) is 6.55. The van der Waals surface area contributed by atoms with Gasteiger partial charge in [0.05, 0.1) is 23.6 Å². The van der Waals surface area contributed by atoms with Crippen molar-refractivity contribution in [2.45, 2.75) is 43.5 Å². The minimum atomic E-state index is -4.40. The molecule has 4 aromatic rings. The number of sulfonamides is 1. The van der Waals surface area contributed by atoms with Crippen molar-refractivity contribution in [1.29, 1.82) is 0 Å². The molecule has 1 fully saturated rings. The Bertz CT molecular complexity index is 1790. The van der Waals surface area contributed by atoms with Crippen molar-refractivity contribution in [3.63, 3.8) is 0 Å². The standard InChI is InChI=1S/C32H34F4N6O4S/c1-42(16-17-45-2)23-11-9-22(10-12-23)39-32-38-15-13-26(40-32)24-4-3-14-37-31(24)46-27-18-25(34)30(29(36)28(27)35)41-47(43,44)19-20-5-7-21(33)8-6-20/h3-8,13-15,18,22-23,41H,9-12,16-17,19H2,1-2H3,(H,38,39,40). The zero-order valence-corrected chi connectivity index (χ0v) is 26.5. The van der Waals surface area contributed by atoms with E-state index in [-0.39, 0.29) is 17.5 Å². The molecule has 2 N–H and O–H groups in total. The van der Waals surface area contributed by atoms with Crippen LogP contribution in [0.15, 0.2) is 60.9 Å². The third kappa shape index (κ3) is 8.73. The number of aromatic nitrogens is 3. The first-order chi connectivity index (χ1) is 22.5. The molecule has 1 aliphatic carbocycles. The molecule has 0 bridgehead atoms. The number of ether oxygens (including phenoxy) is 2. The number of methoxy groups -OCH3 is 1. The summed E-state index contributed by atoms with van der Waals surface area (Å²) in [5, 5.41) is 3.37. The first-order valence-corrected chi connectivity index (χ1v) is 16.5. The number of nitrogens with one attached hydrogen (secondary N) is 2. The lowest BCUT2D eigenvalue weighted by Crippen LogP contribution is -2.39. The van der Waals surface area contributed by atoms with Crippen molar-refractivity contribution < 1.29 is 35.5 Å². The Hall–Kier alpha value is -4.34.